The number of ether oxygens (including phenoxy) is 1. The third kappa shape index (κ3) is 4.26. The van der Waals surface area contributed by atoms with E-state index in [0.29, 0.717) is 36.6 Å². The van der Waals surface area contributed by atoms with E-state index in [4.69, 9.17) is 4.74 Å². The number of nitrogens with zero attached hydrogens (tertiary/aromatic N) is 1. The van der Waals surface area contributed by atoms with Gasteiger partial charge >= 0.3 is 12.1 Å². The van der Waals surface area contributed by atoms with Crippen LogP contribution in [0.15, 0.2) is 48.5 Å². The number of carboxylic acid groups (broad SMARTS) is 1. The molecule has 3 aromatic rings. The van der Waals surface area contributed by atoms with Gasteiger partial charge in [0.15, 0.2) is 0 Å². The fourth-order valence-electron chi connectivity index (χ4n) is 4.44. The minimum Gasteiger partial charge on any atom is -0.480 e. The van der Waals surface area contributed by atoms with E-state index in [-0.39, 0.29) is 18.5 Å². The summed E-state index contributed by atoms with van der Waals surface area (Å²) in [6.45, 7) is 2.02. The molecular weight excluding hydrogens is 399 g/mol. The van der Waals surface area contributed by atoms with Crippen LogP contribution in [0.4, 0.5) is 9.18 Å². The van der Waals surface area contributed by atoms with Crippen LogP contribution < -0.4 is 5.32 Å². The Kier molecular flexibility index (Phi) is 5.93. The van der Waals surface area contributed by atoms with Crippen LogP contribution in [-0.2, 0) is 29.0 Å². The van der Waals surface area contributed by atoms with Crippen molar-refractivity contribution in [3.63, 3.8) is 0 Å². The summed E-state index contributed by atoms with van der Waals surface area (Å²) in [4.78, 5) is 24.1. The molecule has 1 amide bonds. The SMILES string of the molecule is CCC(C(=O)O)n1c2c(c3cc(F)ccc31)C[C@@H](NC(=O)OCc1ccccc1)CC2. The van der Waals surface area contributed by atoms with Gasteiger partial charge in [0.1, 0.15) is 18.5 Å². The maximum Gasteiger partial charge on any atom is 0.407 e. The van der Waals surface area contributed by atoms with E-state index in [9.17, 15) is 19.1 Å². The summed E-state index contributed by atoms with van der Waals surface area (Å²) < 4.78 is 21.2. The van der Waals surface area contributed by atoms with Gasteiger partial charge in [-0.05, 0) is 55.0 Å². The molecule has 4 rings (SSSR count). The number of nitrogens with one attached hydrogen (secondary N) is 1. The number of carboxylic acids is 1. The Hall–Kier alpha value is -3.35. The van der Waals surface area contributed by atoms with Gasteiger partial charge in [0.05, 0.1) is 0 Å². The Morgan fingerprint density at radius 2 is 2.03 bits per heavy atom. The Bertz CT molecular complexity index is 1110. The maximum atomic E-state index is 14.0. The van der Waals surface area contributed by atoms with Crippen molar-refractivity contribution in [1.29, 1.82) is 0 Å². The van der Waals surface area contributed by atoms with Gasteiger partial charge in [-0.2, -0.15) is 0 Å². The van der Waals surface area contributed by atoms with Crippen LogP contribution in [-0.4, -0.2) is 27.8 Å². The fraction of sp³-hybridized carbons (Fsp3) is 0.333. The lowest BCUT2D eigenvalue weighted by molar-refractivity contribution is -0.140. The number of amides is 1. The molecule has 1 heterocycles. The maximum absolute atomic E-state index is 14.0. The first-order valence-corrected chi connectivity index (χ1v) is 10.5. The predicted octanol–water partition coefficient (Wildman–Crippen LogP) is 4.60. The number of hydrogen-bond donors (Lipinski definition) is 2. The number of fused-ring (bicyclic) bond motifs is 3. The predicted molar refractivity (Wildman–Crippen MR) is 114 cm³/mol. The lowest BCUT2D eigenvalue weighted by Gasteiger charge is -2.26. The van der Waals surface area contributed by atoms with Gasteiger partial charge in [0.2, 0.25) is 0 Å². The minimum absolute atomic E-state index is 0.164. The molecule has 1 aromatic heterocycles. The van der Waals surface area contributed by atoms with Crippen LogP contribution in [0, 0.1) is 5.82 Å². The van der Waals surface area contributed by atoms with E-state index in [1.54, 1.807) is 6.07 Å². The van der Waals surface area contributed by atoms with Crippen molar-refractivity contribution in [3.8, 4) is 0 Å². The van der Waals surface area contributed by atoms with Crippen molar-refractivity contribution in [2.45, 2.75) is 51.3 Å². The number of rotatable bonds is 6. The molecule has 0 aliphatic heterocycles. The summed E-state index contributed by atoms with van der Waals surface area (Å²) in [6, 6.07) is 13.0. The van der Waals surface area contributed by atoms with Gasteiger partial charge in [0.25, 0.3) is 0 Å². The quantitative estimate of drug-likeness (QED) is 0.606. The second-order valence-corrected chi connectivity index (χ2v) is 7.86. The number of hydrogen-bond acceptors (Lipinski definition) is 3. The lowest BCUT2D eigenvalue weighted by Crippen LogP contribution is -2.39. The molecule has 0 saturated carbocycles. The van der Waals surface area contributed by atoms with Crippen molar-refractivity contribution in [3.05, 3.63) is 71.2 Å². The number of alkyl carbamates (subject to hydrolysis) is 1. The summed E-state index contributed by atoms with van der Waals surface area (Å²) in [6.07, 6.45) is 1.68. The molecule has 0 spiro atoms. The van der Waals surface area contributed by atoms with Crippen LogP contribution in [0.2, 0.25) is 0 Å². The average molecular weight is 424 g/mol. The number of aliphatic carboxylic acids is 1. The average Bonchev–Trinajstić information content (AvgIpc) is 3.06. The molecule has 162 valence electrons. The second kappa shape index (κ2) is 8.79. The highest BCUT2D eigenvalue weighted by Crippen LogP contribution is 2.36. The number of benzene rings is 2. The third-order valence-corrected chi connectivity index (χ3v) is 5.88. The smallest absolute Gasteiger partial charge is 0.407 e. The molecule has 31 heavy (non-hydrogen) atoms. The zero-order valence-corrected chi connectivity index (χ0v) is 17.3. The minimum atomic E-state index is -0.906. The van der Waals surface area contributed by atoms with Crippen LogP contribution in [0.5, 0.6) is 0 Å². The van der Waals surface area contributed by atoms with Crippen molar-refractivity contribution >= 4 is 23.0 Å². The molecule has 0 saturated heterocycles. The molecule has 2 atom stereocenters. The molecule has 1 aliphatic carbocycles. The monoisotopic (exact) mass is 424 g/mol. The van der Waals surface area contributed by atoms with Crippen LogP contribution >= 0.6 is 0 Å². The van der Waals surface area contributed by atoms with Crippen LogP contribution in [0.25, 0.3) is 10.9 Å². The van der Waals surface area contributed by atoms with E-state index >= 15 is 0 Å². The lowest BCUT2D eigenvalue weighted by atomic mass is 9.91. The summed E-state index contributed by atoms with van der Waals surface area (Å²) in [5.41, 5.74) is 3.42. The van der Waals surface area contributed by atoms with E-state index in [1.807, 2.05) is 41.8 Å². The molecule has 2 N–H and O–H groups in total. The van der Waals surface area contributed by atoms with E-state index in [0.717, 1.165) is 16.8 Å². The van der Waals surface area contributed by atoms with E-state index < -0.39 is 18.1 Å². The van der Waals surface area contributed by atoms with Crippen molar-refractivity contribution in [1.82, 2.24) is 9.88 Å². The first kappa shape index (κ1) is 20.9. The molecule has 6 nitrogen and oxygen atoms in total. The number of halogens is 1. The Morgan fingerprint density at radius 1 is 1.26 bits per heavy atom. The topological polar surface area (TPSA) is 80.6 Å². The summed E-state index contributed by atoms with van der Waals surface area (Å²) in [5, 5.41) is 13.3. The van der Waals surface area contributed by atoms with Crippen molar-refractivity contribution in [2.24, 2.45) is 0 Å². The zero-order valence-electron chi connectivity index (χ0n) is 17.3. The first-order valence-electron chi connectivity index (χ1n) is 10.5. The Morgan fingerprint density at radius 3 is 2.74 bits per heavy atom. The number of carbonyl (C=O) groups is 2. The second-order valence-electron chi connectivity index (χ2n) is 7.86. The van der Waals surface area contributed by atoms with Gasteiger partial charge in [-0.15, -0.1) is 0 Å². The number of carbonyl (C=O) groups excluding carboxylic acids is 1. The summed E-state index contributed by atoms with van der Waals surface area (Å²) in [7, 11) is 0. The molecule has 0 radical (unpaired) electrons. The van der Waals surface area contributed by atoms with Crippen molar-refractivity contribution < 1.29 is 23.8 Å². The van der Waals surface area contributed by atoms with Gasteiger partial charge in [-0.1, -0.05) is 37.3 Å². The molecule has 0 fully saturated rings. The largest absolute Gasteiger partial charge is 0.480 e. The van der Waals surface area contributed by atoms with Crippen molar-refractivity contribution in [2.75, 3.05) is 0 Å². The van der Waals surface area contributed by atoms with Gasteiger partial charge < -0.3 is 19.7 Å². The highest BCUT2D eigenvalue weighted by atomic mass is 19.1. The summed E-state index contributed by atoms with van der Waals surface area (Å²) >= 11 is 0. The van der Waals surface area contributed by atoms with Crippen LogP contribution in [0.3, 0.4) is 0 Å². The third-order valence-electron chi connectivity index (χ3n) is 5.88. The van der Waals surface area contributed by atoms with Gasteiger partial charge in [0, 0.05) is 22.6 Å². The highest BCUT2D eigenvalue weighted by Gasteiger charge is 2.31. The van der Waals surface area contributed by atoms with Crippen LogP contribution in [0.1, 0.15) is 42.6 Å². The molecule has 2 aromatic carbocycles. The first-order chi connectivity index (χ1) is 15.0. The molecule has 1 aliphatic rings. The summed E-state index contributed by atoms with van der Waals surface area (Å²) in [5.74, 6) is -1.27. The Labute approximate surface area is 179 Å². The fourth-order valence-corrected chi connectivity index (χ4v) is 4.44. The van der Waals surface area contributed by atoms with Gasteiger partial charge in [-0.3, -0.25) is 0 Å². The highest BCUT2D eigenvalue weighted by molar-refractivity contribution is 5.88. The number of aromatic nitrogens is 1. The molecule has 0 bridgehead atoms. The molecule has 1 unspecified atom stereocenters. The molecule has 7 heteroatoms. The Balaban J connectivity index is 1.56. The molecular formula is C24H25FN2O4. The van der Waals surface area contributed by atoms with E-state index in [2.05, 4.69) is 5.32 Å². The van der Waals surface area contributed by atoms with Gasteiger partial charge in [-0.25, -0.2) is 14.0 Å². The van der Waals surface area contributed by atoms with E-state index in [1.165, 1.54) is 12.1 Å². The zero-order chi connectivity index (χ0) is 22.0. The normalized spacial score (nSPS) is 16.5. The standard InChI is InChI=1S/C24H25FN2O4/c1-2-20(23(28)29)27-21-10-8-16(25)12-18(21)19-13-17(9-11-22(19)27)26-24(30)31-14-15-6-4-3-5-7-15/h3-8,10,12,17,20H,2,9,11,13-14H2,1H3,(H,26,30)(H,28,29)/t17-,20?/m0/s1.